The first-order chi connectivity index (χ1) is 14.9. The number of hydrogen-bond acceptors (Lipinski definition) is 8. The summed E-state index contributed by atoms with van der Waals surface area (Å²) in [5, 5.41) is -3.46. The Morgan fingerprint density at radius 1 is 0.625 bits per heavy atom. The summed E-state index contributed by atoms with van der Waals surface area (Å²) in [5.74, 6) is -2.33. The number of ether oxygens (including phenoxy) is 2. The van der Waals surface area contributed by atoms with Crippen LogP contribution in [0.25, 0.3) is 0 Å². The maximum Gasteiger partial charge on any atom is 0.326 e. The normalized spacial score (nSPS) is 14.0. The quantitative estimate of drug-likeness (QED) is 0.152. The average molecular weight is 503 g/mol. The molecule has 0 rings (SSSR count). The molecule has 0 saturated carbocycles. The van der Waals surface area contributed by atoms with Gasteiger partial charge in [-0.15, -0.1) is 0 Å². The minimum Gasteiger partial charge on any atom is -0.461 e. The van der Waals surface area contributed by atoms with Crippen LogP contribution in [-0.2, 0) is 39.3 Å². The first-order valence-corrected chi connectivity index (χ1v) is 14.2. The summed E-state index contributed by atoms with van der Waals surface area (Å²) in [7, 11) is -9.31. The summed E-state index contributed by atoms with van der Waals surface area (Å²) in [4.78, 5) is 24.1. The average Bonchev–Trinajstić information content (AvgIpc) is 2.68. The van der Waals surface area contributed by atoms with Gasteiger partial charge in [0.1, 0.15) is 13.2 Å². The molecule has 0 aliphatic rings. The fraction of sp³-hybridized carbons (Fsp3) is 0.900. The van der Waals surface area contributed by atoms with E-state index in [9.17, 15) is 35.5 Å². The third kappa shape index (κ3) is 14.0. The van der Waals surface area contributed by atoms with Crippen molar-refractivity contribution in [3.63, 3.8) is 0 Å². The molecule has 0 fully saturated rings. The molecule has 0 spiro atoms. The Morgan fingerprint density at radius 2 is 0.938 bits per heavy atom. The lowest BCUT2D eigenvalue weighted by molar-refractivity contribution is -0.152. The number of unbranched alkanes of at least 4 members (excludes halogenated alkanes) is 8. The fourth-order valence-corrected chi connectivity index (χ4v) is 4.67. The molecule has 0 aromatic rings. The molecule has 12 heteroatoms. The number of esters is 2. The molecule has 10 nitrogen and oxygen atoms in total. The Kier molecular flexibility index (Phi) is 15.7. The van der Waals surface area contributed by atoms with Crippen molar-refractivity contribution in [1.29, 1.82) is 0 Å². The highest BCUT2D eigenvalue weighted by atomic mass is 32.2. The lowest BCUT2D eigenvalue weighted by Crippen LogP contribution is -2.34. The summed E-state index contributed by atoms with van der Waals surface area (Å²) >= 11 is 0. The van der Waals surface area contributed by atoms with Gasteiger partial charge in [0.2, 0.25) is 0 Å². The van der Waals surface area contributed by atoms with Crippen LogP contribution in [0.5, 0.6) is 0 Å². The molecule has 0 aliphatic heterocycles. The molecular weight excluding hydrogens is 464 g/mol. The van der Waals surface area contributed by atoms with E-state index in [1.165, 1.54) is 0 Å². The van der Waals surface area contributed by atoms with E-state index in [0.29, 0.717) is 25.7 Å². The number of carbonyl (C=O) groups is 2. The predicted molar refractivity (Wildman–Crippen MR) is 119 cm³/mol. The third-order valence-corrected chi connectivity index (χ3v) is 7.25. The van der Waals surface area contributed by atoms with Crippen molar-refractivity contribution in [3.05, 3.63) is 0 Å². The number of carbonyl (C=O) groups excluding carboxylic acids is 2. The molecule has 0 saturated heterocycles. The van der Waals surface area contributed by atoms with Crippen LogP contribution in [0.1, 0.15) is 90.9 Å². The van der Waals surface area contributed by atoms with Crippen molar-refractivity contribution < 1.29 is 45.0 Å². The molecule has 32 heavy (non-hydrogen) atoms. The zero-order valence-electron chi connectivity index (χ0n) is 19.0. The molecular formula is C20H38O10S2. The van der Waals surface area contributed by atoms with Crippen molar-refractivity contribution in [2.45, 2.75) is 101 Å². The van der Waals surface area contributed by atoms with Gasteiger partial charge in [0, 0.05) is 0 Å². The standard InChI is InChI=1S/C20H38O10S2/c1-3-5-7-9-11-13-17(31(23,24)25)19(21)29-15-16-30-20(22)18(32(26,27)28)14-12-10-8-6-4-2/h17-18H,3-16H2,1-2H3,(H,23,24,25)(H,26,27,28). The second-order valence-electron chi connectivity index (χ2n) is 7.75. The SMILES string of the molecule is CCCCCCCC(C(=O)OCCOC(=O)C(CCCCCCC)S(=O)(=O)O)S(=O)(=O)O. The summed E-state index contributed by atoms with van der Waals surface area (Å²) in [6.45, 7) is 3.02. The second-order valence-corrected chi connectivity index (χ2v) is 10.9. The number of hydrogen-bond donors (Lipinski definition) is 2. The molecule has 0 radical (unpaired) electrons. The molecule has 0 aromatic heterocycles. The van der Waals surface area contributed by atoms with E-state index < -0.39 is 55.9 Å². The summed E-state index contributed by atoms with van der Waals surface area (Å²) < 4.78 is 74.0. The molecule has 0 aromatic carbocycles. The lowest BCUT2D eigenvalue weighted by atomic mass is 10.1. The molecule has 2 atom stereocenters. The van der Waals surface area contributed by atoms with Crippen LogP contribution in [0.15, 0.2) is 0 Å². The monoisotopic (exact) mass is 502 g/mol. The Labute approximate surface area is 191 Å². The van der Waals surface area contributed by atoms with Gasteiger partial charge >= 0.3 is 11.9 Å². The van der Waals surface area contributed by atoms with E-state index >= 15 is 0 Å². The van der Waals surface area contributed by atoms with Gasteiger partial charge in [-0.25, -0.2) is 0 Å². The summed E-state index contributed by atoms with van der Waals surface area (Å²) in [6.07, 6.45) is 7.80. The van der Waals surface area contributed by atoms with Crippen molar-refractivity contribution in [2.75, 3.05) is 13.2 Å². The minimum atomic E-state index is -4.65. The van der Waals surface area contributed by atoms with Gasteiger partial charge in [-0.3, -0.25) is 18.7 Å². The van der Waals surface area contributed by atoms with Gasteiger partial charge in [0.15, 0.2) is 10.5 Å². The van der Waals surface area contributed by atoms with E-state index in [2.05, 4.69) is 0 Å². The summed E-state index contributed by atoms with van der Waals surface area (Å²) in [6, 6.07) is 0. The Hall–Kier alpha value is -1.24. The summed E-state index contributed by atoms with van der Waals surface area (Å²) in [5.41, 5.74) is 0. The highest BCUT2D eigenvalue weighted by Crippen LogP contribution is 2.15. The van der Waals surface area contributed by atoms with E-state index in [0.717, 1.165) is 38.5 Å². The molecule has 0 bridgehead atoms. The smallest absolute Gasteiger partial charge is 0.326 e. The zero-order valence-corrected chi connectivity index (χ0v) is 20.7. The highest BCUT2D eigenvalue weighted by molar-refractivity contribution is 7.87. The van der Waals surface area contributed by atoms with E-state index in [1.54, 1.807) is 0 Å². The van der Waals surface area contributed by atoms with Crippen molar-refractivity contribution >= 4 is 32.2 Å². The fourth-order valence-electron chi connectivity index (χ4n) is 3.11. The maximum absolute atomic E-state index is 12.0. The highest BCUT2D eigenvalue weighted by Gasteiger charge is 2.33. The Morgan fingerprint density at radius 3 is 1.22 bits per heavy atom. The molecule has 2 unspecified atom stereocenters. The van der Waals surface area contributed by atoms with Gasteiger partial charge in [-0.2, -0.15) is 16.8 Å². The van der Waals surface area contributed by atoms with Crippen LogP contribution >= 0.6 is 0 Å². The Bertz CT molecular complexity index is 682. The predicted octanol–water partition coefficient (Wildman–Crippen LogP) is 3.31. The first kappa shape index (κ1) is 30.8. The van der Waals surface area contributed by atoms with Gasteiger partial charge in [0.25, 0.3) is 20.2 Å². The molecule has 0 heterocycles. The van der Waals surface area contributed by atoms with Crippen molar-refractivity contribution in [3.8, 4) is 0 Å². The Balaban J connectivity index is 4.55. The number of rotatable bonds is 19. The van der Waals surface area contributed by atoms with Gasteiger partial charge in [-0.1, -0.05) is 78.1 Å². The van der Waals surface area contributed by atoms with Crippen LogP contribution in [0.3, 0.4) is 0 Å². The topological polar surface area (TPSA) is 161 Å². The largest absolute Gasteiger partial charge is 0.461 e. The van der Waals surface area contributed by atoms with Crippen molar-refractivity contribution in [1.82, 2.24) is 0 Å². The second kappa shape index (κ2) is 16.4. The molecule has 0 aliphatic carbocycles. The molecule has 0 amide bonds. The lowest BCUT2D eigenvalue weighted by Gasteiger charge is -2.15. The maximum atomic E-state index is 12.0. The minimum absolute atomic E-state index is 0.0932. The van der Waals surface area contributed by atoms with Crippen LogP contribution in [0.4, 0.5) is 0 Å². The van der Waals surface area contributed by atoms with Crippen LogP contribution in [-0.4, -0.2) is 61.6 Å². The van der Waals surface area contributed by atoms with Gasteiger partial charge in [-0.05, 0) is 12.8 Å². The molecule has 190 valence electrons. The molecule has 2 N–H and O–H groups in total. The first-order valence-electron chi connectivity index (χ1n) is 11.2. The van der Waals surface area contributed by atoms with Crippen LogP contribution in [0.2, 0.25) is 0 Å². The van der Waals surface area contributed by atoms with Crippen molar-refractivity contribution in [2.24, 2.45) is 0 Å². The van der Waals surface area contributed by atoms with E-state index in [1.807, 2.05) is 13.8 Å². The van der Waals surface area contributed by atoms with E-state index in [4.69, 9.17) is 9.47 Å². The third-order valence-electron chi connectivity index (χ3n) is 4.96. The van der Waals surface area contributed by atoms with E-state index in [-0.39, 0.29) is 12.8 Å². The van der Waals surface area contributed by atoms with Crippen LogP contribution in [0, 0.1) is 0 Å². The van der Waals surface area contributed by atoms with Crippen LogP contribution < -0.4 is 0 Å². The van der Waals surface area contributed by atoms with Gasteiger partial charge in [0.05, 0.1) is 0 Å². The van der Waals surface area contributed by atoms with Gasteiger partial charge < -0.3 is 9.47 Å². The zero-order chi connectivity index (χ0) is 24.6.